The van der Waals surface area contributed by atoms with Gasteiger partial charge in [0.25, 0.3) is 5.91 Å². The summed E-state index contributed by atoms with van der Waals surface area (Å²) in [5, 5.41) is 8.40. The van der Waals surface area contributed by atoms with E-state index in [0.717, 1.165) is 50.0 Å². The molecule has 0 saturated carbocycles. The maximum Gasteiger partial charge on any atom is 0.255 e. The van der Waals surface area contributed by atoms with Gasteiger partial charge in [-0.05, 0) is 30.8 Å². The van der Waals surface area contributed by atoms with Crippen LogP contribution in [-0.2, 0) is 6.42 Å². The summed E-state index contributed by atoms with van der Waals surface area (Å²) in [5.41, 5.74) is 1.40. The van der Waals surface area contributed by atoms with Gasteiger partial charge in [0.2, 0.25) is 0 Å². The molecule has 0 spiro atoms. The van der Waals surface area contributed by atoms with E-state index in [1.54, 1.807) is 6.26 Å². The third-order valence-corrected chi connectivity index (χ3v) is 4.74. The van der Waals surface area contributed by atoms with E-state index in [1.807, 2.05) is 39.8 Å². The molecule has 7 heteroatoms. The molecule has 3 aromatic heterocycles. The van der Waals surface area contributed by atoms with Gasteiger partial charge in [0.15, 0.2) is 5.65 Å². The molecule has 3 aromatic rings. The van der Waals surface area contributed by atoms with Crippen LogP contribution < -0.4 is 0 Å². The molecule has 7 nitrogen and oxygen atoms in total. The number of likely N-dealkylation sites (N-methyl/N-ethyl adjacent to an activating group) is 1. The molecule has 1 aliphatic heterocycles. The second-order valence-electron chi connectivity index (χ2n) is 6.24. The third-order valence-electron chi connectivity index (χ3n) is 4.74. The molecule has 130 valence electrons. The summed E-state index contributed by atoms with van der Waals surface area (Å²) in [4.78, 5) is 17.1. The SMILES string of the molecule is CCN1CCN(C(=O)c2ccc3nnc(Cc4ccco4)n3c2)CC1. The van der Waals surface area contributed by atoms with E-state index in [2.05, 4.69) is 22.0 Å². The first-order valence-electron chi connectivity index (χ1n) is 8.62. The van der Waals surface area contributed by atoms with Crippen LogP contribution in [0.15, 0.2) is 41.1 Å². The molecular formula is C18H21N5O2. The van der Waals surface area contributed by atoms with Gasteiger partial charge in [-0.15, -0.1) is 10.2 Å². The van der Waals surface area contributed by atoms with E-state index in [9.17, 15) is 4.79 Å². The summed E-state index contributed by atoms with van der Waals surface area (Å²) < 4.78 is 7.26. The number of rotatable bonds is 4. The molecule has 0 radical (unpaired) electrons. The van der Waals surface area contributed by atoms with Crippen LogP contribution in [0.5, 0.6) is 0 Å². The average Bonchev–Trinajstić information content (AvgIpc) is 3.31. The maximum absolute atomic E-state index is 12.8. The van der Waals surface area contributed by atoms with Crippen LogP contribution >= 0.6 is 0 Å². The van der Waals surface area contributed by atoms with Crippen LogP contribution in [0.3, 0.4) is 0 Å². The maximum atomic E-state index is 12.8. The van der Waals surface area contributed by atoms with Crippen molar-refractivity contribution in [2.24, 2.45) is 0 Å². The first kappa shape index (κ1) is 15.8. The molecule has 25 heavy (non-hydrogen) atoms. The Morgan fingerprint density at radius 2 is 2.00 bits per heavy atom. The van der Waals surface area contributed by atoms with Gasteiger partial charge in [-0.2, -0.15) is 0 Å². The molecule has 0 N–H and O–H groups in total. The van der Waals surface area contributed by atoms with Gasteiger partial charge in [-0.25, -0.2) is 0 Å². The Hall–Kier alpha value is -2.67. The number of hydrogen-bond acceptors (Lipinski definition) is 5. The second kappa shape index (κ2) is 6.68. The van der Waals surface area contributed by atoms with Gasteiger partial charge in [-0.1, -0.05) is 6.92 Å². The lowest BCUT2D eigenvalue weighted by Gasteiger charge is -2.34. The summed E-state index contributed by atoms with van der Waals surface area (Å²) in [6.07, 6.45) is 4.02. The molecule has 0 unspecified atom stereocenters. The van der Waals surface area contributed by atoms with E-state index >= 15 is 0 Å². The van der Waals surface area contributed by atoms with Gasteiger partial charge >= 0.3 is 0 Å². The van der Waals surface area contributed by atoms with Crippen molar-refractivity contribution in [1.82, 2.24) is 24.4 Å². The number of fused-ring (bicyclic) bond motifs is 1. The van der Waals surface area contributed by atoms with E-state index in [4.69, 9.17) is 4.42 Å². The summed E-state index contributed by atoms with van der Waals surface area (Å²) >= 11 is 0. The van der Waals surface area contributed by atoms with Crippen molar-refractivity contribution in [3.63, 3.8) is 0 Å². The first-order valence-corrected chi connectivity index (χ1v) is 8.62. The molecule has 0 atom stereocenters. The van der Waals surface area contributed by atoms with Crippen molar-refractivity contribution in [3.8, 4) is 0 Å². The van der Waals surface area contributed by atoms with Crippen molar-refractivity contribution in [3.05, 3.63) is 53.9 Å². The van der Waals surface area contributed by atoms with Crippen molar-refractivity contribution in [2.75, 3.05) is 32.7 Å². The fourth-order valence-corrected chi connectivity index (χ4v) is 3.20. The Morgan fingerprint density at radius 1 is 1.16 bits per heavy atom. The highest BCUT2D eigenvalue weighted by molar-refractivity contribution is 5.94. The Labute approximate surface area is 145 Å². The summed E-state index contributed by atoms with van der Waals surface area (Å²) in [7, 11) is 0. The lowest BCUT2D eigenvalue weighted by molar-refractivity contribution is 0.0643. The number of aromatic nitrogens is 3. The van der Waals surface area contributed by atoms with E-state index in [-0.39, 0.29) is 5.91 Å². The van der Waals surface area contributed by atoms with Crippen LogP contribution in [0, 0.1) is 0 Å². The number of carbonyl (C=O) groups excluding carboxylic acids is 1. The quantitative estimate of drug-likeness (QED) is 0.724. The Balaban J connectivity index is 1.57. The molecule has 1 fully saturated rings. The molecular weight excluding hydrogens is 318 g/mol. The largest absolute Gasteiger partial charge is 0.469 e. The number of carbonyl (C=O) groups is 1. The highest BCUT2D eigenvalue weighted by atomic mass is 16.3. The van der Waals surface area contributed by atoms with E-state index in [0.29, 0.717) is 12.0 Å². The molecule has 1 amide bonds. The van der Waals surface area contributed by atoms with Gasteiger partial charge in [0.1, 0.15) is 11.6 Å². The highest BCUT2D eigenvalue weighted by Crippen LogP contribution is 2.14. The highest BCUT2D eigenvalue weighted by Gasteiger charge is 2.22. The van der Waals surface area contributed by atoms with Crippen LogP contribution in [0.1, 0.15) is 28.9 Å². The third kappa shape index (κ3) is 3.15. The summed E-state index contributed by atoms with van der Waals surface area (Å²) in [6, 6.07) is 7.43. The number of furan rings is 1. The van der Waals surface area contributed by atoms with Gasteiger partial charge in [0.05, 0.1) is 18.2 Å². The Kier molecular flexibility index (Phi) is 4.23. The van der Waals surface area contributed by atoms with Gasteiger partial charge < -0.3 is 14.2 Å². The van der Waals surface area contributed by atoms with Crippen LogP contribution in [0.4, 0.5) is 0 Å². The average molecular weight is 339 g/mol. The predicted molar refractivity (Wildman–Crippen MR) is 92.5 cm³/mol. The zero-order valence-electron chi connectivity index (χ0n) is 14.3. The molecule has 4 rings (SSSR count). The molecule has 0 bridgehead atoms. The zero-order valence-corrected chi connectivity index (χ0v) is 14.3. The zero-order chi connectivity index (χ0) is 17.2. The number of amides is 1. The van der Waals surface area contributed by atoms with Crippen molar-refractivity contribution in [1.29, 1.82) is 0 Å². The van der Waals surface area contributed by atoms with E-state index in [1.165, 1.54) is 0 Å². The standard InChI is InChI=1S/C18H21N5O2/c1-2-21-7-9-22(10-8-21)18(24)14-5-6-16-19-20-17(23(16)13-14)12-15-4-3-11-25-15/h3-6,11,13H,2,7-10,12H2,1H3. The van der Waals surface area contributed by atoms with Crippen LogP contribution in [-0.4, -0.2) is 63.0 Å². The Bertz CT molecular complexity index is 863. The van der Waals surface area contributed by atoms with Crippen molar-refractivity contribution < 1.29 is 9.21 Å². The number of hydrogen-bond donors (Lipinski definition) is 0. The molecule has 1 aliphatic rings. The van der Waals surface area contributed by atoms with Crippen LogP contribution in [0.25, 0.3) is 5.65 Å². The lowest BCUT2D eigenvalue weighted by Crippen LogP contribution is -2.48. The van der Waals surface area contributed by atoms with Gasteiger partial charge in [-0.3, -0.25) is 9.20 Å². The normalized spacial score (nSPS) is 15.8. The molecule has 0 aliphatic carbocycles. The second-order valence-corrected chi connectivity index (χ2v) is 6.24. The van der Waals surface area contributed by atoms with Crippen molar-refractivity contribution >= 4 is 11.6 Å². The predicted octanol–water partition coefficient (Wildman–Crippen LogP) is 1.69. The lowest BCUT2D eigenvalue weighted by atomic mass is 10.2. The van der Waals surface area contributed by atoms with E-state index < -0.39 is 0 Å². The topological polar surface area (TPSA) is 66.9 Å². The fourth-order valence-electron chi connectivity index (χ4n) is 3.20. The molecule has 1 saturated heterocycles. The molecule has 4 heterocycles. The minimum absolute atomic E-state index is 0.0651. The Morgan fingerprint density at radius 3 is 2.72 bits per heavy atom. The number of pyridine rings is 1. The monoisotopic (exact) mass is 339 g/mol. The minimum atomic E-state index is 0.0651. The smallest absolute Gasteiger partial charge is 0.255 e. The first-order chi connectivity index (χ1) is 12.2. The fraction of sp³-hybridized carbons (Fsp3) is 0.389. The molecule has 0 aromatic carbocycles. The number of nitrogens with zero attached hydrogens (tertiary/aromatic N) is 5. The van der Waals surface area contributed by atoms with Gasteiger partial charge in [0, 0.05) is 32.4 Å². The minimum Gasteiger partial charge on any atom is -0.469 e. The van der Waals surface area contributed by atoms with Crippen LogP contribution in [0.2, 0.25) is 0 Å². The summed E-state index contributed by atoms with van der Waals surface area (Å²) in [5.74, 6) is 1.65. The van der Waals surface area contributed by atoms with Crippen molar-refractivity contribution in [2.45, 2.75) is 13.3 Å². The number of piperazine rings is 1. The summed E-state index contributed by atoms with van der Waals surface area (Å²) in [6.45, 7) is 6.59.